The van der Waals surface area contributed by atoms with Gasteiger partial charge < -0.3 is 9.88 Å². The van der Waals surface area contributed by atoms with Gasteiger partial charge in [0.2, 0.25) is 0 Å². The van der Waals surface area contributed by atoms with Crippen LogP contribution in [-0.4, -0.2) is 47.7 Å². The van der Waals surface area contributed by atoms with E-state index in [-0.39, 0.29) is 16.6 Å². The molecule has 0 saturated carbocycles. The molecule has 182 valence electrons. The van der Waals surface area contributed by atoms with Crippen LogP contribution in [0, 0.1) is 18.6 Å². The van der Waals surface area contributed by atoms with Gasteiger partial charge in [0.1, 0.15) is 12.3 Å². The monoisotopic (exact) mass is 519 g/mol. The second kappa shape index (κ2) is 8.71. The maximum absolute atomic E-state index is 14.7. The Kier molecular flexibility index (Phi) is 6.21. The standard InChI is InChI=1S/C20H18ClF4N5O3S/c1-9-13(3-4-14-16(9)20(31)29(2)8-26-14)27-19-17(21)15(5-10(22)18(19)25)28-34(32,33)30-6-11(23)12(24)7-30/h3-5,8,11-12,27-28H,6-7H2,1-2H3. The number of halogens is 5. The van der Waals surface area contributed by atoms with Crippen LogP contribution in [-0.2, 0) is 17.3 Å². The van der Waals surface area contributed by atoms with Gasteiger partial charge in [0, 0.05) is 31.9 Å². The predicted molar refractivity (Wildman–Crippen MR) is 120 cm³/mol. The average Bonchev–Trinajstić information content (AvgIpc) is 3.12. The number of rotatable bonds is 5. The summed E-state index contributed by atoms with van der Waals surface area (Å²) in [6, 6.07) is 3.49. The van der Waals surface area contributed by atoms with E-state index in [4.69, 9.17) is 11.6 Å². The number of fused-ring (bicyclic) bond motifs is 1. The van der Waals surface area contributed by atoms with E-state index in [2.05, 4.69) is 10.3 Å². The summed E-state index contributed by atoms with van der Waals surface area (Å²) < 4.78 is 84.7. The molecule has 0 bridgehead atoms. The first-order valence-corrected chi connectivity index (χ1v) is 11.7. The molecule has 3 aromatic rings. The van der Waals surface area contributed by atoms with Crippen molar-refractivity contribution in [3.63, 3.8) is 0 Å². The summed E-state index contributed by atoms with van der Waals surface area (Å²) in [5.74, 6) is -2.84. The number of nitrogens with zero attached hydrogens (tertiary/aromatic N) is 3. The molecule has 1 saturated heterocycles. The van der Waals surface area contributed by atoms with Crippen molar-refractivity contribution < 1.29 is 26.0 Å². The highest BCUT2D eigenvalue weighted by Crippen LogP contribution is 2.38. The molecule has 8 nitrogen and oxygen atoms in total. The van der Waals surface area contributed by atoms with Gasteiger partial charge in [-0.25, -0.2) is 22.5 Å². The van der Waals surface area contributed by atoms with Gasteiger partial charge in [-0.3, -0.25) is 9.52 Å². The van der Waals surface area contributed by atoms with Crippen molar-refractivity contribution >= 4 is 49.8 Å². The number of aromatic nitrogens is 2. The number of hydrogen-bond acceptors (Lipinski definition) is 5. The summed E-state index contributed by atoms with van der Waals surface area (Å²) in [4.78, 5) is 16.7. The summed E-state index contributed by atoms with van der Waals surface area (Å²) in [7, 11) is -3.01. The molecular formula is C20H18ClF4N5O3S. The Morgan fingerprint density at radius 3 is 2.44 bits per heavy atom. The van der Waals surface area contributed by atoms with Gasteiger partial charge in [-0.15, -0.1) is 0 Å². The van der Waals surface area contributed by atoms with Crippen LogP contribution in [0.15, 0.2) is 29.3 Å². The quantitative estimate of drug-likeness (QED) is 0.397. The Morgan fingerprint density at radius 2 is 1.79 bits per heavy atom. The van der Waals surface area contributed by atoms with Crippen LogP contribution in [0.4, 0.5) is 34.6 Å². The zero-order chi connectivity index (χ0) is 24.9. The van der Waals surface area contributed by atoms with Crippen molar-refractivity contribution in [1.82, 2.24) is 13.9 Å². The van der Waals surface area contributed by atoms with Crippen LogP contribution in [0.25, 0.3) is 10.9 Å². The van der Waals surface area contributed by atoms with Gasteiger partial charge in [-0.2, -0.15) is 12.7 Å². The lowest BCUT2D eigenvalue weighted by atomic mass is 10.1. The van der Waals surface area contributed by atoms with Gasteiger partial charge in [0.25, 0.3) is 5.56 Å². The SMILES string of the molecule is Cc1c(Nc2c(F)c(F)cc(NS(=O)(=O)N3CC(F)C(F)C3)c2Cl)ccc2ncn(C)c(=O)c12. The molecule has 0 amide bonds. The molecule has 14 heteroatoms. The maximum Gasteiger partial charge on any atom is 0.301 e. The van der Waals surface area contributed by atoms with E-state index in [9.17, 15) is 30.8 Å². The van der Waals surface area contributed by atoms with Crippen LogP contribution in [0.5, 0.6) is 0 Å². The van der Waals surface area contributed by atoms with Gasteiger partial charge >= 0.3 is 10.2 Å². The molecule has 34 heavy (non-hydrogen) atoms. The largest absolute Gasteiger partial charge is 0.352 e. The summed E-state index contributed by atoms with van der Waals surface area (Å²) >= 11 is 6.19. The van der Waals surface area contributed by atoms with Crippen molar-refractivity contribution in [2.24, 2.45) is 7.05 Å². The van der Waals surface area contributed by atoms with Crippen LogP contribution in [0.2, 0.25) is 5.02 Å². The minimum absolute atomic E-state index is 0.192. The number of alkyl halides is 2. The zero-order valence-electron chi connectivity index (χ0n) is 17.7. The number of aryl methyl sites for hydroxylation is 2. The molecule has 2 unspecified atom stereocenters. The van der Waals surface area contributed by atoms with Gasteiger partial charge in [-0.05, 0) is 24.6 Å². The summed E-state index contributed by atoms with van der Waals surface area (Å²) in [5.41, 5.74) is -0.569. The average molecular weight is 520 g/mol. The molecule has 2 N–H and O–H groups in total. The number of anilines is 3. The molecule has 4 rings (SSSR count). The molecule has 2 heterocycles. The number of hydrogen-bond donors (Lipinski definition) is 2. The van der Waals surface area contributed by atoms with Gasteiger partial charge in [-0.1, -0.05) is 11.6 Å². The molecule has 1 aliphatic rings. The van der Waals surface area contributed by atoms with Crippen molar-refractivity contribution in [1.29, 1.82) is 0 Å². The lowest BCUT2D eigenvalue weighted by molar-refractivity contribution is 0.217. The topological polar surface area (TPSA) is 96.3 Å². The van der Waals surface area contributed by atoms with Crippen molar-refractivity contribution in [3.05, 3.63) is 57.1 Å². The maximum atomic E-state index is 14.7. The zero-order valence-corrected chi connectivity index (χ0v) is 19.3. The van der Waals surface area contributed by atoms with Crippen LogP contribution in [0.1, 0.15) is 5.56 Å². The Hall–Kier alpha value is -2.90. The smallest absolute Gasteiger partial charge is 0.301 e. The van der Waals surface area contributed by atoms with Gasteiger partial charge in [0.05, 0.1) is 33.6 Å². The molecule has 2 atom stereocenters. The van der Waals surface area contributed by atoms with E-state index >= 15 is 0 Å². The van der Waals surface area contributed by atoms with Crippen molar-refractivity contribution in [2.45, 2.75) is 19.3 Å². The summed E-state index contributed by atoms with van der Waals surface area (Å²) in [6.07, 6.45) is -2.67. The second-order valence-electron chi connectivity index (χ2n) is 7.78. The predicted octanol–water partition coefficient (Wildman–Crippen LogP) is 3.57. The molecule has 1 fully saturated rings. The second-order valence-corrected chi connectivity index (χ2v) is 9.83. The third-order valence-electron chi connectivity index (χ3n) is 5.49. The van der Waals surface area contributed by atoms with Crippen LogP contribution in [0.3, 0.4) is 0 Å². The molecule has 2 aromatic carbocycles. The highest BCUT2D eigenvalue weighted by atomic mass is 35.5. The summed E-state index contributed by atoms with van der Waals surface area (Å²) in [6.45, 7) is 0.0982. The van der Waals surface area contributed by atoms with Gasteiger partial charge in [0.15, 0.2) is 11.6 Å². The van der Waals surface area contributed by atoms with E-state index in [0.717, 1.165) is 0 Å². The van der Waals surface area contributed by atoms with E-state index in [1.807, 2.05) is 4.72 Å². The normalized spacial score (nSPS) is 19.0. The van der Waals surface area contributed by atoms with E-state index < -0.39 is 63.7 Å². The lowest BCUT2D eigenvalue weighted by Crippen LogP contribution is -2.34. The molecule has 0 radical (unpaired) electrons. The van der Waals surface area contributed by atoms with Crippen molar-refractivity contribution in [2.75, 3.05) is 23.1 Å². The van der Waals surface area contributed by atoms with Crippen molar-refractivity contribution in [3.8, 4) is 0 Å². The molecular weight excluding hydrogens is 502 g/mol. The first-order valence-electron chi connectivity index (χ1n) is 9.86. The van der Waals surface area contributed by atoms with E-state index in [0.29, 0.717) is 21.5 Å². The minimum atomic E-state index is -4.52. The minimum Gasteiger partial charge on any atom is -0.352 e. The Morgan fingerprint density at radius 1 is 1.15 bits per heavy atom. The number of benzene rings is 2. The van der Waals surface area contributed by atoms with Crippen LogP contribution < -0.4 is 15.6 Å². The first kappa shape index (κ1) is 24.2. The van der Waals surface area contributed by atoms with E-state index in [1.54, 1.807) is 6.92 Å². The highest BCUT2D eigenvalue weighted by Gasteiger charge is 2.39. The first-order chi connectivity index (χ1) is 15.9. The Balaban J connectivity index is 1.74. The highest BCUT2D eigenvalue weighted by molar-refractivity contribution is 7.90. The molecule has 0 aliphatic carbocycles. The molecule has 0 spiro atoms. The van der Waals surface area contributed by atoms with Crippen LogP contribution >= 0.6 is 11.6 Å². The molecule has 1 aromatic heterocycles. The molecule has 1 aliphatic heterocycles. The fourth-order valence-electron chi connectivity index (χ4n) is 3.60. The fourth-order valence-corrected chi connectivity index (χ4v) is 5.14. The lowest BCUT2D eigenvalue weighted by Gasteiger charge is -2.20. The summed E-state index contributed by atoms with van der Waals surface area (Å²) in [5, 5.41) is 2.31. The third-order valence-corrected chi connectivity index (χ3v) is 7.34. The fraction of sp³-hybridized carbons (Fsp3) is 0.300. The Bertz CT molecular complexity index is 1460. The number of nitrogens with one attached hydrogen (secondary N) is 2. The Labute approximate surface area is 196 Å². The van der Waals surface area contributed by atoms with E-state index in [1.165, 1.54) is 30.1 Å². The third kappa shape index (κ3) is 4.18.